The fraction of sp³-hybridized carbons (Fsp3) is 0.308. The van der Waals surface area contributed by atoms with Crippen LogP contribution in [0.1, 0.15) is 40.6 Å². The van der Waals surface area contributed by atoms with E-state index in [4.69, 9.17) is 9.47 Å². The van der Waals surface area contributed by atoms with Crippen LogP contribution in [-0.4, -0.2) is 49.1 Å². The highest BCUT2D eigenvalue weighted by atomic mass is 32.2. The van der Waals surface area contributed by atoms with Crippen LogP contribution in [0.4, 0.5) is 0 Å². The van der Waals surface area contributed by atoms with E-state index in [0.717, 1.165) is 63.5 Å². The number of carbonyl (C=O) groups excluding carboxylic acids is 1. The van der Waals surface area contributed by atoms with Gasteiger partial charge >= 0.3 is 0 Å². The Morgan fingerprint density at radius 1 is 1.03 bits per heavy atom. The third kappa shape index (κ3) is 4.10. The fourth-order valence-electron chi connectivity index (χ4n) is 4.56. The van der Waals surface area contributed by atoms with Crippen LogP contribution in [0, 0.1) is 13.8 Å². The molecular weight excluding hydrogens is 462 g/mol. The minimum absolute atomic E-state index is 0.0719. The van der Waals surface area contributed by atoms with Crippen molar-refractivity contribution in [1.82, 2.24) is 24.3 Å². The number of thioether (sulfide) groups is 1. The van der Waals surface area contributed by atoms with Crippen molar-refractivity contribution in [2.45, 2.75) is 37.9 Å². The number of ether oxygens (including phenoxy) is 2. The van der Waals surface area contributed by atoms with E-state index < -0.39 is 0 Å². The number of ketones is 1. The van der Waals surface area contributed by atoms with Crippen LogP contribution in [0.3, 0.4) is 0 Å². The van der Waals surface area contributed by atoms with Crippen molar-refractivity contribution in [2.75, 3.05) is 19.0 Å². The smallest absolute Gasteiger partial charge is 0.192 e. The molecule has 6 rings (SSSR count). The summed E-state index contributed by atoms with van der Waals surface area (Å²) < 4.78 is 15.7. The second-order valence-electron chi connectivity index (χ2n) is 8.80. The van der Waals surface area contributed by atoms with Gasteiger partial charge in [0.1, 0.15) is 13.2 Å². The van der Waals surface area contributed by atoms with Gasteiger partial charge in [0, 0.05) is 52.7 Å². The minimum Gasteiger partial charge on any atom is -0.486 e. The number of Topliss-reactive ketones (excluding diaryl/α,β-unsaturated/α-hetero) is 1. The van der Waals surface area contributed by atoms with Gasteiger partial charge in [0.15, 0.2) is 28.3 Å². The average Bonchev–Trinajstić information content (AvgIpc) is 3.56. The molecule has 9 heteroatoms. The van der Waals surface area contributed by atoms with E-state index in [1.165, 1.54) is 11.8 Å². The zero-order valence-corrected chi connectivity index (χ0v) is 20.4. The van der Waals surface area contributed by atoms with E-state index in [1.54, 1.807) is 12.4 Å². The first-order valence-corrected chi connectivity index (χ1v) is 12.7. The van der Waals surface area contributed by atoms with Crippen LogP contribution >= 0.6 is 11.8 Å². The van der Waals surface area contributed by atoms with E-state index in [0.29, 0.717) is 25.0 Å². The summed E-state index contributed by atoms with van der Waals surface area (Å²) in [5.41, 5.74) is 4.56. The molecular formula is C26H25N5O3S. The number of aromatic nitrogens is 5. The van der Waals surface area contributed by atoms with Crippen LogP contribution in [0.2, 0.25) is 0 Å². The topological polar surface area (TPSA) is 84.1 Å². The maximum absolute atomic E-state index is 13.3. The molecule has 4 aromatic rings. The van der Waals surface area contributed by atoms with Crippen molar-refractivity contribution >= 4 is 17.5 Å². The van der Waals surface area contributed by atoms with E-state index in [1.807, 2.05) is 50.2 Å². The quantitative estimate of drug-likeness (QED) is 0.273. The molecule has 0 amide bonds. The summed E-state index contributed by atoms with van der Waals surface area (Å²) in [5.74, 6) is 2.69. The predicted molar refractivity (Wildman–Crippen MR) is 133 cm³/mol. The lowest BCUT2D eigenvalue weighted by atomic mass is 10.2. The second kappa shape index (κ2) is 8.88. The summed E-state index contributed by atoms with van der Waals surface area (Å²) in [6.45, 7) is 5.09. The maximum Gasteiger partial charge on any atom is 0.192 e. The van der Waals surface area contributed by atoms with Gasteiger partial charge in [-0.2, -0.15) is 0 Å². The zero-order valence-electron chi connectivity index (χ0n) is 19.6. The van der Waals surface area contributed by atoms with Gasteiger partial charge in [0.05, 0.1) is 5.75 Å². The molecule has 0 atom stereocenters. The normalized spacial score (nSPS) is 14.8. The fourth-order valence-corrected chi connectivity index (χ4v) is 5.45. The molecule has 0 spiro atoms. The summed E-state index contributed by atoms with van der Waals surface area (Å²) in [6, 6.07) is 12.1. The maximum atomic E-state index is 13.3. The molecule has 35 heavy (non-hydrogen) atoms. The Morgan fingerprint density at radius 2 is 1.80 bits per heavy atom. The Morgan fingerprint density at radius 3 is 2.57 bits per heavy atom. The van der Waals surface area contributed by atoms with E-state index in [2.05, 4.69) is 24.3 Å². The number of rotatable bonds is 7. The van der Waals surface area contributed by atoms with Gasteiger partial charge in [-0.05, 0) is 57.0 Å². The largest absolute Gasteiger partial charge is 0.486 e. The Hall–Kier alpha value is -3.59. The van der Waals surface area contributed by atoms with E-state index in [-0.39, 0.29) is 5.78 Å². The lowest BCUT2D eigenvalue weighted by Crippen LogP contribution is -2.15. The Balaban J connectivity index is 1.24. The molecule has 0 N–H and O–H groups in total. The van der Waals surface area contributed by atoms with Crippen LogP contribution in [0.25, 0.3) is 17.1 Å². The summed E-state index contributed by atoms with van der Waals surface area (Å²) in [5, 5.41) is 9.65. The number of hydrogen-bond acceptors (Lipinski definition) is 7. The van der Waals surface area contributed by atoms with Crippen molar-refractivity contribution < 1.29 is 14.3 Å². The SMILES string of the molecule is Cc1cc(C(=O)CSc2nnc(-c3ccncc3)n2C2CC2)c(C)n1-c1ccc2c(c1)OCCO2. The molecule has 1 saturated carbocycles. The molecule has 1 fully saturated rings. The molecule has 4 heterocycles. The highest BCUT2D eigenvalue weighted by Gasteiger charge is 2.30. The molecule has 0 unspecified atom stereocenters. The van der Waals surface area contributed by atoms with Crippen molar-refractivity contribution in [3.63, 3.8) is 0 Å². The van der Waals surface area contributed by atoms with E-state index in [9.17, 15) is 4.79 Å². The summed E-state index contributed by atoms with van der Waals surface area (Å²) in [4.78, 5) is 17.4. The van der Waals surface area contributed by atoms with Crippen LogP contribution in [-0.2, 0) is 0 Å². The highest BCUT2D eigenvalue weighted by molar-refractivity contribution is 7.99. The van der Waals surface area contributed by atoms with Crippen LogP contribution in [0.15, 0.2) is 53.9 Å². The molecule has 3 aromatic heterocycles. The number of aryl methyl sites for hydroxylation is 1. The van der Waals surface area contributed by atoms with Gasteiger partial charge in [-0.15, -0.1) is 10.2 Å². The van der Waals surface area contributed by atoms with Gasteiger partial charge in [0.25, 0.3) is 0 Å². The van der Waals surface area contributed by atoms with Crippen molar-refractivity contribution in [3.8, 4) is 28.6 Å². The Kier molecular flexibility index (Phi) is 5.56. The highest BCUT2D eigenvalue weighted by Crippen LogP contribution is 2.41. The predicted octanol–water partition coefficient (Wildman–Crippen LogP) is 4.83. The van der Waals surface area contributed by atoms with Gasteiger partial charge in [0.2, 0.25) is 0 Å². The molecule has 0 bridgehead atoms. The number of nitrogens with zero attached hydrogens (tertiary/aromatic N) is 5. The molecule has 8 nitrogen and oxygen atoms in total. The third-order valence-electron chi connectivity index (χ3n) is 6.36. The lowest BCUT2D eigenvalue weighted by Gasteiger charge is -2.20. The van der Waals surface area contributed by atoms with E-state index >= 15 is 0 Å². The number of benzene rings is 1. The molecule has 1 aliphatic heterocycles. The zero-order chi connectivity index (χ0) is 23.9. The molecule has 0 radical (unpaired) electrons. The number of fused-ring (bicyclic) bond motifs is 1. The standard InChI is InChI=1S/C26H25N5O3S/c1-16-13-21(17(2)30(16)20-5-6-23-24(14-20)34-12-11-33-23)22(32)15-35-26-29-28-25(31(26)19-3-4-19)18-7-9-27-10-8-18/h5-10,13-14,19H,3-4,11-12,15H2,1-2H3. The minimum atomic E-state index is 0.0719. The number of hydrogen-bond donors (Lipinski definition) is 0. The number of carbonyl (C=O) groups is 1. The second-order valence-corrected chi connectivity index (χ2v) is 9.75. The Labute approximate surface area is 207 Å². The van der Waals surface area contributed by atoms with Gasteiger partial charge < -0.3 is 14.0 Å². The van der Waals surface area contributed by atoms with Crippen LogP contribution < -0.4 is 9.47 Å². The van der Waals surface area contributed by atoms with Gasteiger partial charge in [-0.1, -0.05) is 11.8 Å². The Bertz CT molecular complexity index is 1410. The van der Waals surface area contributed by atoms with Crippen LogP contribution in [0.5, 0.6) is 11.5 Å². The van der Waals surface area contributed by atoms with Crippen molar-refractivity contribution in [3.05, 3.63) is 65.7 Å². The van der Waals surface area contributed by atoms with Crippen molar-refractivity contribution in [1.29, 1.82) is 0 Å². The summed E-state index contributed by atoms with van der Waals surface area (Å²) >= 11 is 1.45. The first-order chi connectivity index (χ1) is 17.1. The average molecular weight is 488 g/mol. The van der Waals surface area contributed by atoms with Crippen molar-refractivity contribution in [2.24, 2.45) is 0 Å². The van der Waals surface area contributed by atoms with Gasteiger partial charge in [-0.25, -0.2) is 0 Å². The lowest BCUT2D eigenvalue weighted by molar-refractivity contribution is 0.102. The monoisotopic (exact) mass is 487 g/mol. The molecule has 178 valence electrons. The molecule has 1 aromatic carbocycles. The summed E-state index contributed by atoms with van der Waals surface area (Å²) in [6.07, 6.45) is 5.73. The molecule has 1 aliphatic carbocycles. The third-order valence-corrected chi connectivity index (χ3v) is 7.31. The van der Waals surface area contributed by atoms with Gasteiger partial charge in [-0.3, -0.25) is 14.3 Å². The molecule has 2 aliphatic rings. The first-order valence-electron chi connectivity index (χ1n) is 11.7. The number of pyridine rings is 1. The summed E-state index contributed by atoms with van der Waals surface area (Å²) in [7, 11) is 0. The molecule has 0 saturated heterocycles. The first kappa shape index (κ1) is 21.9.